The minimum atomic E-state index is -0.138. The average molecular weight is 381 g/mol. The summed E-state index contributed by atoms with van der Waals surface area (Å²) in [6.07, 6.45) is 5.19. The van der Waals surface area contributed by atoms with Crippen LogP contribution in [0.5, 0.6) is 0 Å². The van der Waals surface area contributed by atoms with Gasteiger partial charge in [0.05, 0.1) is 5.57 Å². The average Bonchev–Trinajstić information content (AvgIpc) is 3.31. The van der Waals surface area contributed by atoms with Crippen molar-refractivity contribution in [2.75, 3.05) is 11.4 Å². The van der Waals surface area contributed by atoms with Crippen molar-refractivity contribution in [3.8, 4) is 0 Å². The molecular formula is C22H24N2O2S. The molecule has 27 heavy (non-hydrogen) atoms. The first-order valence-electron chi connectivity index (χ1n) is 9.71. The van der Waals surface area contributed by atoms with Crippen molar-refractivity contribution >= 4 is 34.4 Å². The van der Waals surface area contributed by atoms with Gasteiger partial charge in [0.1, 0.15) is 5.70 Å². The van der Waals surface area contributed by atoms with Gasteiger partial charge in [-0.3, -0.25) is 14.5 Å². The molecule has 1 saturated carbocycles. The first-order chi connectivity index (χ1) is 13.2. The highest BCUT2D eigenvalue weighted by Gasteiger charge is 2.45. The van der Waals surface area contributed by atoms with Crippen LogP contribution in [0.25, 0.3) is 5.57 Å². The fourth-order valence-corrected chi connectivity index (χ4v) is 4.94. The van der Waals surface area contributed by atoms with E-state index in [2.05, 4.69) is 0 Å². The molecule has 5 heteroatoms. The van der Waals surface area contributed by atoms with Gasteiger partial charge >= 0.3 is 0 Å². The second-order valence-corrected chi connectivity index (χ2v) is 8.00. The maximum Gasteiger partial charge on any atom is 0.278 e. The molecular weight excluding hydrogens is 356 g/mol. The number of imide groups is 1. The number of carbonyl (C=O) groups is 2. The molecule has 0 N–H and O–H groups in total. The van der Waals surface area contributed by atoms with Gasteiger partial charge in [0.25, 0.3) is 11.8 Å². The predicted octanol–water partition coefficient (Wildman–Crippen LogP) is 4.69. The summed E-state index contributed by atoms with van der Waals surface area (Å²) in [5, 5.41) is 1.96. The maximum absolute atomic E-state index is 13.5. The lowest BCUT2D eigenvalue weighted by atomic mass is 9.94. The molecule has 2 aliphatic rings. The first-order valence-corrected chi connectivity index (χ1v) is 10.6. The lowest BCUT2D eigenvalue weighted by molar-refractivity contribution is -0.140. The van der Waals surface area contributed by atoms with E-state index in [1.165, 1.54) is 17.8 Å². The van der Waals surface area contributed by atoms with E-state index in [4.69, 9.17) is 0 Å². The van der Waals surface area contributed by atoms with E-state index in [9.17, 15) is 9.59 Å². The van der Waals surface area contributed by atoms with Crippen molar-refractivity contribution < 1.29 is 9.59 Å². The predicted molar refractivity (Wildman–Crippen MR) is 109 cm³/mol. The summed E-state index contributed by atoms with van der Waals surface area (Å²) in [5.74, 6) is -0.264. The smallest absolute Gasteiger partial charge is 0.278 e. The summed E-state index contributed by atoms with van der Waals surface area (Å²) in [5.41, 5.74) is 2.03. The van der Waals surface area contributed by atoms with E-state index in [0.29, 0.717) is 17.8 Å². The third kappa shape index (κ3) is 3.21. The molecule has 2 amide bonds. The monoisotopic (exact) mass is 380 g/mol. The molecule has 0 bridgehead atoms. The second-order valence-electron chi connectivity index (χ2n) is 7.05. The van der Waals surface area contributed by atoms with E-state index in [1.807, 2.05) is 59.7 Å². The van der Waals surface area contributed by atoms with Crippen LogP contribution in [0, 0.1) is 0 Å². The summed E-state index contributed by atoms with van der Waals surface area (Å²) in [6, 6.07) is 13.8. The second kappa shape index (κ2) is 7.69. The van der Waals surface area contributed by atoms with Crippen molar-refractivity contribution in [3.05, 3.63) is 58.4 Å². The van der Waals surface area contributed by atoms with Crippen LogP contribution in [0.2, 0.25) is 0 Å². The zero-order valence-electron chi connectivity index (χ0n) is 15.6. The molecule has 0 saturated heterocycles. The van der Waals surface area contributed by atoms with Crippen molar-refractivity contribution in [1.82, 2.24) is 4.90 Å². The Morgan fingerprint density at radius 2 is 1.74 bits per heavy atom. The van der Waals surface area contributed by atoms with Crippen LogP contribution >= 0.6 is 11.3 Å². The molecule has 1 aliphatic heterocycles. The van der Waals surface area contributed by atoms with E-state index >= 15 is 0 Å². The number of likely N-dealkylation sites (N-methyl/N-ethyl adjacent to an activating group) is 1. The zero-order chi connectivity index (χ0) is 18.8. The van der Waals surface area contributed by atoms with Gasteiger partial charge in [0, 0.05) is 23.2 Å². The standard InChI is InChI=1S/C22H24N2O2S/c1-2-23(16-10-5-3-6-11-16)20-19(18-14-9-15-27-18)21(25)24(22(20)26)17-12-7-4-8-13-17/h3,5-6,9-11,14-15,17H,2,4,7-8,12-13H2,1H3. The van der Waals surface area contributed by atoms with Gasteiger partial charge in [-0.25, -0.2) is 0 Å². The first kappa shape index (κ1) is 18.0. The fraction of sp³-hybridized carbons (Fsp3) is 0.364. The molecule has 140 valence electrons. The Morgan fingerprint density at radius 1 is 1.00 bits per heavy atom. The van der Waals surface area contributed by atoms with Gasteiger partial charge in [0.2, 0.25) is 0 Å². The number of anilines is 1. The van der Waals surface area contributed by atoms with E-state index < -0.39 is 0 Å². The molecule has 1 fully saturated rings. The van der Waals surface area contributed by atoms with Gasteiger partial charge < -0.3 is 4.90 Å². The molecule has 2 aromatic rings. The summed E-state index contributed by atoms with van der Waals surface area (Å²) in [4.78, 5) is 31.3. The number of hydrogen-bond acceptors (Lipinski definition) is 4. The number of rotatable bonds is 5. The fourth-order valence-electron chi connectivity index (χ4n) is 4.18. The summed E-state index contributed by atoms with van der Waals surface area (Å²) in [6.45, 7) is 2.65. The molecule has 1 aromatic carbocycles. The Balaban J connectivity index is 1.81. The van der Waals surface area contributed by atoms with Gasteiger partial charge in [-0.2, -0.15) is 0 Å². The molecule has 0 atom stereocenters. The van der Waals surface area contributed by atoms with E-state index in [1.54, 1.807) is 4.90 Å². The minimum absolute atomic E-state index is 0.0284. The Labute approximate surface area is 164 Å². The van der Waals surface area contributed by atoms with Crippen molar-refractivity contribution in [1.29, 1.82) is 0 Å². The highest BCUT2D eigenvalue weighted by Crippen LogP contribution is 2.38. The number of hydrogen-bond donors (Lipinski definition) is 0. The normalized spacial score (nSPS) is 18.5. The lowest BCUT2D eigenvalue weighted by Gasteiger charge is -2.31. The van der Waals surface area contributed by atoms with E-state index in [-0.39, 0.29) is 17.9 Å². The number of benzene rings is 1. The zero-order valence-corrected chi connectivity index (χ0v) is 16.4. The van der Waals surface area contributed by atoms with Gasteiger partial charge in [-0.15, -0.1) is 11.3 Å². The molecule has 1 aromatic heterocycles. The molecule has 2 heterocycles. The molecule has 4 rings (SSSR count). The maximum atomic E-state index is 13.5. The Kier molecular flexibility index (Phi) is 5.12. The number of amides is 2. The van der Waals surface area contributed by atoms with Crippen LogP contribution in [-0.2, 0) is 9.59 Å². The SMILES string of the molecule is CCN(C1=C(c2cccs2)C(=O)N(C2CCCCC2)C1=O)c1ccccc1. The van der Waals surface area contributed by atoms with Gasteiger partial charge in [0.15, 0.2) is 0 Å². The van der Waals surface area contributed by atoms with Crippen LogP contribution in [0.4, 0.5) is 5.69 Å². The minimum Gasteiger partial charge on any atom is -0.337 e. The van der Waals surface area contributed by atoms with Crippen LogP contribution in [0.15, 0.2) is 53.5 Å². The molecule has 0 unspecified atom stereocenters. The van der Waals surface area contributed by atoms with Crippen molar-refractivity contribution in [2.24, 2.45) is 0 Å². The quantitative estimate of drug-likeness (QED) is 0.707. The number of para-hydroxylation sites is 1. The Bertz CT molecular complexity index is 852. The Morgan fingerprint density at radius 3 is 2.37 bits per heavy atom. The highest BCUT2D eigenvalue weighted by atomic mass is 32.1. The summed E-state index contributed by atoms with van der Waals surface area (Å²) < 4.78 is 0. The molecule has 1 aliphatic carbocycles. The lowest BCUT2D eigenvalue weighted by Crippen LogP contribution is -2.43. The highest BCUT2D eigenvalue weighted by molar-refractivity contribution is 7.11. The van der Waals surface area contributed by atoms with Gasteiger partial charge in [-0.05, 0) is 43.3 Å². The number of thiophene rings is 1. The third-order valence-corrected chi connectivity index (χ3v) is 6.34. The topological polar surface area (TPSA) is 40.6 Å². The van der Waals surface area contributed by atoms with Crippen LogP contribution in [-0.4, -0.2) is 29.3 Å². The number of carbonyl (C=O) groups excluding carboxylic acids is 2. The molecule has 0 radical (unpaired) electrons. The third-order valence-electron chi connectivity index (χ3n) is 5.45. The number of nitrogens with zero attached hydrogens (tertiary/aromatic N) is 2. The van der Waals surface area contributed by atoms with Crippen LogP contribution in [0.1, 0.15) is 43.9 Å². The Hall–Kier alpha value is -2.40. The van der Waals surface area contributed by atoms with Crippen molar-refractivity contribution in [3.63, 3.8) is 0 Å². The summed E-state index contributed by atoms with van der Waals surface area (Å²) in [7, 11) is 0. The van der Waals surface area contributed by atoms with Crippen LogP contribution < -0.4 is 4.90 Å². The van der Waals surface area contributed by atoms with E-state index in [0.717, 1.165) is 36.2 Å². The largest absolute Gasteiger partial charge is 0.337 e. The van der Waals surface area contributed by atoms with Gasteiger partial charge in [-0.1, -0.05) is 43.5 Å². The van der Waals surface area contributed by atoms with Crippen LogP contribution in [0.3, 0.4) is 0 Å². The molecule has 0 spiro atoms. The summed E-state index contributed by atoms with van der Waals surface area (Å²) >= 11 is 1.52. The van der Waals surface area contributed by atoms with Crippen molar-refractivity contribution in [2.45, 2.75) is 45.1 Å². The molecule has 4 nitrogen and oxygen atoms in total.